The second kappa shape index (κ2) is 7.75. The Labute approximate surface area is 161 Å². The molecule has 1 amide bonds. The van der Waals surface area contributed by atoms with Gasteiger partial charge in [0, 0.05) is 42.1 Å². The number of carbonyl (C=O) groups is 1. The van der Waals surface area contributed by atoms with Crippen LogP contribution in [-0.4, -0.2) is 35.6 Å². The Morgan fingerprint density at radius 1 is 1.04 bits per heavy atom. The van der Waals surface area contributed by atoms with Crippen molar-refractivity contribution in [3.63, 3.8) is 0 Å². The minimum atomic E-state index is -0.223. The summed E-state index contributed by atoms with van der Waals surface area (Å²) in [6, 6.07) is 9.81. The maximum absolute atomic E-state index is 12.1. The summed E-state index contributed by atoms with van der Waals surface area (Å²) < 4.78 is 1.58. The number of carbonyl (C=O) groups excluding carboxylic acids is 1. The van der Waals surface area contributed by atoms with Gasteiger partial charge in [0.15, 0.2) is 5.82 Å². The molecule has 138 valence electrons. The standard InChI is InChI=1S/C20H17N7O/c1-14-20(24-9-8-22-14)16-4-2-3-15(11-16)17-5-10-27(26-17)13-19(28)25-18-12-21-6-7-23-18/h2-12H,13H2,1H3,(H,23,25,28). The van der Waals surface area contributed by atoms with Crippen molar-refractivity contribution >= 4 is 11.7 Å². The van der Waals surface area contributed by atoms with Crippen molar-refractivity contribution < 1.29 is 4.79 Å². The van der Waals surface area contributed by atoms with Crippen LogP contribution in [0.5, 0.6) is 0 Å². The molecule has 0 atom stereocenters. The van der Waals surface area contributed by atoms with Gasteiger partial charge in [0.2, 0.25) is 5.91 Å². The van der Waals surface area contributed by atoms with Crippen molar-refractivity contribution in [2.75, 3.05) is 5.32 Å². The quantitative estimate of drug-likeness (QED) is 0.579. The topological polar surface area (TPSA) is 98.5 Å². The van der Waals surface area contributed by atoms with Crippen LogP contribution < -0.4 is 5.32 Å². The summed E-state index contributed by atoms with van der Waals surface area (Å²) in [6.45, 7) is 2.01. The first-order valence-electron chi connectivity index (χ1n) is 8.67. The van der Waals surface area contributed by atoms with E-state index in [1.54, 1.807) is 29.5 Å². The summed E-state index contributed by atoms with van der Waals surface area (Å²) in [5, 5.41) is 7.19. The zero-order valence-electron chi connectivity index (χ0n) is 15.1. The molecule has 8 nitrogen and oxygen atoms in total. The largest absolute Gasteiger partial charge is 0.308 e. The maximum Gasteiger partial charge on any atom is 0.247 e. The first kappa shape index (κ1) is 17.5. The Hall–Kier alpha value is -3.94. The summed E-state index contributed by atoms with van der Waals surface area (Å²) in [6.07, 6.45) is 9.69. The molecule has 0 fully saturated rings. The SMILES string of the molecule is Cc1nccnc1-c1cccc(-c2ccn(CC(=O)Nc3cnccn3)n2)c1. The number of amides is 1. The molecule has 3 aromatic heterocycles. The average Bonchev–Trinajstić information content (AvgIpc) is 3.17. The van der Waals surface area contributed by atoms with Gasteiger partial charge in [0.1, 0.15) is 6.54 Å². The monoisotopic (exact) mass is 371 g/mol. The van der Waals surface area contributed by atoms with Gasteiger partial charge in [-0.2, -0.15) is 5.10 Å². The van der Waals surface area contributed by atoms with Gasteiger partial charge < -0.3 is 5.32 Å². The van der Waals surface area contributed by atoms with Gasteiger partial charge in [0.05, 0.1) is 23.3 Å². The lowest BCUT2D eigenvalue weighted by molar-refractivity contribution is -0.116. The summed E-state index contributed by atoms with van der Waals surface area (Å²) in [5.41, 5.74) is 4.39. The molecule has 0 aliphatic heterocycles. The Bertz CT molecular complexity index is 1110. The van der Waals surface area contributed by atoms with Crippen molar-refractivity contribution in [1.29, 1.82) is 0 Å². The number of nitrogens with zero attached hydrogens (tertiary/aromatic N) is 6. The van der Waals surface area contributed by atoms with Gasteiger partial charge in [-0.05, 0) is 19.1 Å². The minimum absolute atomic E-state index is 0.0829. The fourth-order valence-electron chi connectivity index (χ4n) is 2.81. The fraction of sp³-hybridized carbons (Fsp3) is 0.100. The van der Waals surface area contributed by atoms with Crippen LogP contribution in [0.1, 0.15) is 5.69 Å². The van der Waals surface area contributed by atoms with Crippen LogP contribution in [0.25, 0.3) is 22.5 Å². The number of benzene rings is 1. The number of aryl methyl sites for hydroxylation is 1. The Morgan fingerprint density at radius 2 is 1.86 bits per heavy atom. The molecule has 0 radical (unpaired) electrons. The van der Waals surface area contributed by atoms with Gasteiger partial charge in [-0.1, -0.05) is 18.2 Å². The highest BCUT2D eigenvalue weighted by Crippen LogP contribution is 2.25. The predicted octanol–water partition coefficient (Wildman–Crippen LogP) is 2.74. The van der Waals surface area contributed by atoms with Crippen molar-refractivity contribution in [2.45, 2.75) is 13.5 Å². The number of hydrogen-bond acceptors (Lipinski definition) is 6. The number of nitrogens with one attached hydrogen (secondary N) is 1. The lowest BCUT2D eigenvalue weighted by atomic mass is 10.0. The minimum Gasteiger partial charge on any atom is -0.308 e. The van der Waals surface area contributed by atoms with E-state index >= 15 is 0 Å². The molecular formula is C20H17N7O. The van der Waals surface area contributed by atoms with Crippen LogP contribution in [-0.2, 0) is 11.3 Å². The summed E-state index contributed by atoms with van der Waals surface area (Å²) in [7, 11) is 0. The van der Waals surface area contributed by atoms with Crippen LogP contribution in [0.4, 0.5) is 5.82 Å². The van der Waals surface area contributed by atoms with E-state index in [-0.39, 0.29) is 12.5 Å². The van der Waals surface area contributed by atoms with E-state index < -0.39 is 0 Å². The lowest BCUT2D eigenvalue weighted by Gasteiger charge is -2.06. The number of hydrogen-bond donors (Lipinski definition) is 1. The second-order valence-electron chi connectivity index (χ2n) is 6.11. The lowest BCUT2D eigenvalue weighted by Crippen LogP contribution is -2.19. The Morgan fingerprint density at radius 3 is 2.68 bits per heavy atom. The van der Waals surface area contributed by atoms with Gasteiger partial charge in [-0.15, -0.1) is 0 Å². The highest BCUT2D eigenvalue weighted by molar-refractivity contribution is 5.89. The van der Waals surface area contributed by atoms with E-state index in [0.717, 1.165) is 28.2 Å². The molecule has 0 spiro atoms. The number of anilines is 1. The molecule has 0 saturated heterocycles. The van der Waals surface area contributed by atoms with Crippen LogP contribution >= 0.6 is 0 Å². The zero-order valence-corrected chi connectivity index (χ0v) is 15.1. The molecule has 8 heteroatoms. The highest BCUT2D eigenvalue weighted by atomic mass is 16.2. The first-order valence-corrected chi connectivity index (χ1v) is 8.67. The van der Waals surface area contributed by atoms with E-state index in [1.807, 2.05) is 37.3 Å². The van der Waals surface area contributed by atoms with Gasteiger partial charge >= 0.3 is 0 Å². The zero-order chi connectivity index (χ0) is 19.3. The number of aromatic nitrogens is 6. The molecule has 1 aromatic carbocycles. The molecule has 0 aliphatic carbocycles. The van der Waals surface area contributed by atoms with Crippen molar-refractivity contribution in [3.05, 3.63) is 73.2 Å². The van der Waals surface area contributed by atoms with Crippen molar-refractivity contribution in [1.82, 2.24) is 29.7 Å². The maximum atomic E-state index is 12.1. The molecule has 0 unspecified atom stereocenters. The average molecular weight is 371 g/mol. The predicted molar refractivity (Wildman–Crippen MR) is 104 cm³/mol. The summed E-state index contributed by atoms with van der Waals surface area (Å²) >= 11 is 0. The molecule has 0 aliphatic rings. The highest BCUT2D eigenvalue weighted by Gasteiger charge is 2.10. The van der Waals surface area contributed by atoms with Crippen molar-refractivity contribution in [3.8, 4) is 22.5 Å². The molecule has 4 aromatic rings. The normalized spacial score (nSPS) is 10.6. The van der Waals surface area contributed by atoms with E-state index in [2.05, 4.69) is 30.4 Å². The fourth-order valence-corrected chi connectivity index (χ4v) is 2.81. The van der Waals surface area contributed by atoms with E-state index in [0.29, 0.717) is 5.82 Å². The molecule has 3 heterocycles. The van der Waals surface area contributed by atoms with Gasteiger partial charge in [-0.25, -0.2) is 4.98 Å². The van der Waals surface area contributed by atoms with Crippen LogP contribution in [0, 0.1) is 6.92 Å². The molecule has 1 N–H and O–H groups in total. The van der Waals surface area contributed by atoms with E-state index in [4.69, 9.17) is 0 Å². The molecular weight excluding hydrogens is 354 g/mol. The van der Waals surface area contributed by atoms with Gasteiger partial charge in [0.25, 0.3) is 0 Å². The third kappa shape index (κ3) is 3.90. The first-order chi connectivity index (χ1) is 13.7. The summed E-state index contributed by atoms with van der Waals surface area (Å²) in [5.74, 6) is 0.186. The van der Waals surface area contributed by atoms with Gasteiger partial charge in [-0.3, -0.25) is 24.4 Å². The Balaban J connectivity index is 1.51. The van der Waals surface area contributed by atoms with E-state index in [9.17, 15) is 4.79 Å². The second-order valence-corrected chi connectivity index (χ2v) is 6.11. The van der Waals surface area contributed by atoms with Crippen LogP contribution in [0.15, 0.2) is 67.5 Å². The molecule has 4 rings (SSSR count). The third-order valence-corrected chi connectivity index (χ3v) is 4.09. The summed E-state index contributed by atoms with van der Waals surface area (Å²) in [4.78, 5) is 28.8. The number of rotatable bonds is 5. The van der Waals surface area contributed by atoms with Crippen LogP contribution in [0.3, 0.4) is 0 Å². The van der Waals surface area contributed by atoms with E-state index in [1.165, 1.54) is 12.4 Å². The van der Waals surface area contributed by atoms with Crippen LogP contribution in [0.2, 0.25) is 0 Å². The molecule has 0 bridgehead atoms. The molecule has 28 heavy (non-hydrogen) atoms. The Kier molecular flexibility index (Phi) is 4.83. The van der Waals surface area contributed by atoms with Crippen molar-refractivity contribution in [2.24, 2.45) is 0 Å². The smallest absolute Gasteiger partial charge is 0.247 e. The molecule has 0 saturated carbocycles. The third-order valence-electron chi connectivity index (χ3n) is 4.09.